The second kappa shape index (κ2) is 5.39. The van der Waals surface area contributed by atoms with Gasteiger partial charge in [0.05, 0.1) is 5.75 Å². The van der Waals surface area contributed by atoms with E-state index in [1.807, 2.05) is 0 Å². The van der Waals surface area contributed by atoms with Gasteiger partial charge in [0, 0.05) is 6.61 Å². The zero-order valence-corrected chi connectivity index (χ0v) is 7.19. The molecule has 0 saturated carbocycles. The van der Waals surface area contributed by atoms with Crippen molar-refractivity contribution < 1.29 is 21.9 Å². The molecule has 2 N–H and O–H groups in total. The van der Waals surface area contributed by atoms with Crippen molar-refractivity contribution >= 4 is 10.0 Å². The van der Waals surface area contributed by atoms with Crippen molar-refractivity contribution in [2.24, 2.45) is 5.14 Å². The zero-order chi connectivity index (χ0) is 9.61. The van der Waals surface area contributed by atoms with Gasteiger partial charge in [0.2, 0.25) is 10.0 Å². The highest BCUT2D eigenvalue weighted by Gasteiger charge is 2.04. The molecule has 0 aliphatic heterocycles. The molecule has 0 fully saturated rings. The van der Waals surface area contributed by atoms with Crippen molar-refractivity contribution in [1.82, 2.24) is 0 Å². The summed E-state index contributed by atoms with van der Waals surface area (Å²) in [6.07, 6.45) is -2.37. The molecule has 0 aromatic heterocycles. The Morgan fingerprint density at radius 3 is 2.42 bits per heavy atom. The summed E-state index contributed by atoms with van der Waals surface area (Å²) >= 11 is 0. The highest BCUT2D eigenvalue weighted by molar-refractivity contribution is 7.89. The van der Waals surface area contributed by atoms with Crippen LogP contribution in [-0.2, 0) is 14.8 Å². The van der Waals surface area contributed by atoms with Crippen LogP contribution in [-0.4, -0.2) is 33.8 Å². The van der Waals surface area contributed by atoms with Gasteiger partial charge in [0.15, 0.2) is 0 Å². The van der Waals surface area contributed by atoms with Crippen LogP contribution >= 0.6 is 0 Å². The SMILES string of the molecule is NS(=O)(=O)CCCOCC(F)F. The van der Waals surface area contributed by atoms with E-state index < -0.39 is 23.1 Å². The smallest absolute Gasteiger partial charge is 0.261 e. The van der Waals surface area contributed by atoms with E-state index in [0.29, 0.717) is 0 Å². The molecule has 0 unspecified atom stereocenters. The van der Waals surface area contributed by atoms with Crippen LogP contribution < -0.4 is 5.14 Å². The summed E-state index contributed by atoms with van der Waals surface area (Å²) in [5.74, 6) is -0.240. The van der Waals surface area contributed by atoms with Crippen molar-refractivity contribution in [2.45, 2.75) is 12.8 Å². The fourth-order valence-corrected chi connectivity index (χ4v) is 1.05. The summed E-state index contributed by atoms with van der Waals surface area (Å²) in [6, 6.07) is 0. The minimum Gasteiger partial charge on any atom is -0.375 e. The maximum Gasteiger partial charge on any atom is 0.261 e. The van der Waals surface area contributed by atoms with Crippen LogP contribution in [0, 0.1) is 0 Å². The Hall–Kier alpha value is -0.270. The Labute approximate surface area is 69.7 Å². The fourth-order valence-electron chi connectivity index (χ4n) is 0.535. The number of primary sulfonamides is 1. The third-order valence-corrected chi connectivity index (χ3v) is 1.82. The molecule has 12 heavy (non-hydrogen) atoms. The van der Waals surface area contributed by atoms with Crippen LogP contribution in [0.4, 0.5) is 8.78 Å². The van der Waals surface area contributed by atoms with Gasteiger partial charge in [0.25, 0.3) is 6.43 Å². The predicted molar refractivity (Wildman–Crippen MR) is 39.4 cm³/mol. The number of rotatable bonds is 6. The van der Waals surface area contributed by atoms with Crippen LogP contribution in [0.2, 0.25) is 0 Å². The predicted octanol–water partition coefficient (Wildman–Crippen LogP) is -0.0533. The van der Waals surface area contributed by atoms with Gasteiger partial charge in [-0.3, -0.25) is 0 Å². The van der Waals surface area contributed by atoms with E-state index in [4.69, 9.17) is 0 Å². The molecular weight excluding hydrogens is 192 g/mol. The molecule has 7 heteroatoms. The lowest BCUT2D eigenvalue weighted by Crippen LogP contribution is -2.18. The summed E-state index contributed by atoms with van der Waals surface area (Å²) in [6.45, 7) is -0.675. The van der Waals surface area contributed by atoms with Crippen molar-refractivity contribution in [3.05, 3.63) is 0 Å². The Morgan fingerprint density at radius 1 is 1.42 bits per heavy atom. The van der Waals surface area contributed by atoms with Gasteiger partial charge in [-0.05, 0) is 6.42 Å². The maximum atomic E-state index is 11.4. The molecule has 0 aliphatic rings. The van der Waals surface area contributed by atoms with Crippen LogP contribution in [0.1, 0.15) is 6.42 Å². The second-order valence-electron chi connectivity index (χ2n) is 2.19. The standard InChI is InChI=1S/C5H11F2NO3S/c6-5(7)4-11-2-1-3-12(8,9)10/h5H,1-4H2,(H2,8,9,10). The molecule has 0 radical (unpaired) electrons. The second-order valence-corrected chi connectivity index (χ2v) is 3.92. The maximum absolute atomic E-state index is 11.4. The topological polar surface area (TPSA) is 69.4 Å². The minimum atomic E-state index is -3.49. The van der Waals surface area contributed by atoms with E-state index in [1.165, 1.54) is 0 Å². The van der Waals surface area contributed by atoms with Crippen LogP contribution in [0.15, 0.2) is 0 Å². The number of hydrogen-bond donors (Lipinski definition) is 1. The first-order valence-electron chi connectivity index (χ1n) is 3.28. The lowest BCUT2D eigenvalue weighted by Gasteiger charge is -2.01. The monoisotopic (exact) mass is 203 g/mol. The Kier molecular flexibility index (Phi) is 5.27. The largest absolute Gasteiger partial charge is 0.375 e. The Balaban J connectivity index is 3.23. The quantitative estimate of drug-likeness (QED) is 0.615. The van der Waals surface area contributed by atoms with E-state index in [1.54, 1.807) is 0 Å². The fraction of sp³-hybridized carbons (Fsp3) is 1.00. The van der Waals surface area contributed by atoms with Crippen molar-refractivity contribution in [3.8, 4) is 0 Å². The molecule has 74 valence electrons. The lowest BCUT2D eigenvalue weighted by atomic mass is 10.5. The Bertz CT molecular complexity index is 205. The molecule has 0 aromatic carbocycles. The molecule has 0 saturated heterocycles. The number of hydrogen-bond acceptors (Lipinski definition) is 3. The van der Waals surface area contributed by atoms with Crippen molar-refractivity contribution in [3.63, 3.8) is 0 Å². The van der Waals surface area contributed by atoms with Crippen molar-refractivity contribution in [2.75, 3.05) is 19.0 Å². The van der Waals surface area contributed by atoms with Crippen molar-refractivity contribution in [1.29, 1.82) is 0 Å². The van der Waals surface area contributed by atoms with Gasteiger partial charge in [-0.25, -0.2) is 22.3 Å². The molecule has 0 heterocycles. The van der Waals surface area contributed by atoms with Gasteiger partial charge in [-0.2, -0.15) is 0 Å². The van der Waals surface area contributed by atoms with Crippen LogP contribution in [0.25, 0.3) is 0 Å². The van der Waals surface area contributed by atoms with E-state index in [9.17, 15) is 17.2 Å². The average Bonchev–Trinajstić information content (AvgIpc) is 1.83. The third-order valence-electron chi connectivity index (χ3n) is 0.961. The van der Waals surface area contributed by atoms with Crippen LogP contribution in [0.5, 0.6) is 0 Å². The number of alkyl halides is 2. The molecular formula is C5H11F2NO3S. The lowest BCUT2D eigenvalue weighted by molar-refractivity contribution is 0.0180. The summed E-state index contributed by atoms with van der Waals surface area (Å²) in [5.41, 5.74) is 0. The molecule has 0 amide bonds. The highest BCUT2D eigenvalue weighted by Crippen LogP contribution is 1.94. The minimum absolute atomic E-state index is 0.0131. The third kappa shape index (κ3) is 9.73. The van der Waals surface area contributed by atoms with E-state index in [2.05, 4.69) is 9.88 Å². The van der Waals surface area contributed by atoms with Gasteiger partial charge >= 0.3 is 0 Å². The average molecular weight is 203 g/mol. The summed E-state index contributed by atoms with van der Waals surface area (Å²) in [4.78, 5) is 0. The first-order chi connectivity index (χ1) is 5.42. The molecule has 0 rings (SSSR count). The molecule has 0 atom stereocenters. The van der Waals surface area contributed by atoms with Gasteiger partial charge in [0.1, 0.15) is 6.61 Å². The molecule has 4 nitrogen and oxygen atoms in total. The number of ether oxygens (including phenoxy) is 1. The zero-order valence-electron chi connectivity index (χ0n) is 6.37. The number of sulfonamides is 1. The normalized spacial score (nSPS) is 12.3. The first kappa shape index (κ1) is 11.7. The van der Waals surface area contributed by atoms with E-state index in [0.717, 1.165) is 0 Å². The van der Waals surface area contributed by atoms with E-state index in [-0.39, 0.29) is 18.8 Å². The van der Waals surface area contributed by atoms with Gasteiger partial charge in [-0.15, -0.1) is 0 Å². The van der Waals surface area contributed by atoms with Crippen LogP contribution in [0.3, 0.4) is 0 Å². The number of nitrogens with two attached hydrogens (primary N) is 1. The van der Waals surface area contributed by atoms with Gasteiger partial charge < -0.3 is 4.74 Å². The number of halogens is 2. The highest BCUT2D eigenvalue weighted by atomic mass is 32.2. The first-order valence-corrected chi connectivity index (χ1v) is 5.00. The summed E-state index contributed by atoms with van der Waals surface area (Å²) in [5, 5.41) is 4.65. The molecule has 0 bridgehead atoms. The molecule has 0 aromatic rings. The molecule has 0 aliphatic carbocycles. The van der Waals surface area contributed by atoms with E-state index >= 15 is 0 Å². The summed E-state index contributed by atoms with van der Waals surface area (Å²) in [7, 11) is -3.49. The van der Waals surface area contributed by atoms with Gasteiger partial charge in [-0.1, -0.05) is 0 Å². The molecule has 0 spiro atoms. The summed E-state index contributed by atoms with van der Waals surface area (Å²) < 4.78 is 47.9. The Morgan fingerprint density at radius 2 is 2.00 bits per heavy atom.